The number of nitrogens with one attached hydrogen (secondary N) is 1. The van der Waals surface area contributed by atoms with Crippen LogP contribution in [-0.4, -0.2) is 5.11 Å². The molecule has 0 heterocycles. The van der Waals surface area contributed by atoms with Gasteiger partial charge in [0, 0.05) is 18.2 Å². The van der Waals surface area contributed by atoms with Gasteiger partial charge >= 0.3 is 0 Å². The van der Waals surface area contributed by atoms with E-state index in [-0.39, 0.29) is 17.6 Å². The van der Waals surface area contributed by atoms with Crippen molar-refractivity contribution in [1.82, 2.24) is 5.32 Å². The molecule has 0 aliphatic carbocycles. The third-order valence-electron chi connectivity index (χ3n) is 3.49. The average Bonchev–Trinajstić information content (AvgIpc) is 2.47. The fraction of sp³-hybridized carbons (Fsp3) is 0.333. The van der Waals surface area contributed by atoms with Gasteiger partial charge in [0.05, 0.1) is 0 Å². The first-order valence-electron chi connectivity index (χ1n) is 7.32. The number of aromatic hydroxyl groups is 1. The van der Waals surface area contributed by atoms with Crippen molar-refractivity contribution in [3.8, 4) is 5.75 Å². The van der Waals surface area contributed by atoms with E-state index in [4.69, 9.17) is 0 Å². The maximum atomic E-state index is 13.3. The Morgan fingerprint density at radius 1 is 1.10 bits per heavy atom. The van der Waals surface area contributed by atoms with Crippen LogP contribution in [0.25, 0.3) is 0 Å². The van der Waals surface area contributed by atoms with Crippen LogP contribution in [0.2, 0.25) is 0 Å². The molecule has 0 saturated carbocycles. The molecule has 1 atom stereocenters. The SMILES string of the molecule is CC(C)CC(NCc1cc(F)ccc1O)c1ccccc1. The molecule has 21 heavy (non-hydrogen) atoms. The summed E-state index contributed by atoms with van der Waals surface area (Å²) in [7, 11) is 0. The van der Waals surface area contributed by atoms with Crippen molar-refractivity contribution in [3.63, 3.8) is 0 Å². The molecule has 112 valence electrons. The normalized spacial score (nSPS) is 12.6. The lowest BCUT2D eigenvalue weighted by atomic mass is 9.96. The summed E-state index contributed by atoms with van der Waals surface area (Å²) in [4.78, 5) is 0. The molecule has 0 spiro atoms. The number of halogens is 1. The van der Waals surface area contributed by atoms with Gasteiger partial charge in [-0.3, -0.25) is 0 Å². The second-order valence-electron chi connectivity index (χ2n) is 5.75. The number of hydrogen-bond acceptors (Lipinski definition) is 2. The van der Waals surface area contributed by atoms with Crippen LogP contribution >= 0.6 is 0 Å². The Morgan fingerprint density at radius 3 is 2.48 bits per heavy atom. The molecular weight excluding hydrogens is 265 g/mol. The van der Waals surface area contributed by atoms with E-state index in [1.165, 1.54) is 23.8 Å². The summed E-state index contributed by atoms with van der Waals surface area (Å²) in [6.07, 6.45) is 0.986. The molecule has 2 N–H and O–H groups in total. The summed E-state index contributed by atoms with van der Waals surface area (Å²) in [6, 6.07) is 14.4. The molecule has 2 aromatic rings. The summed E-state index contributed by atoms with van der Waals surface area (Å²) < 4.78 is 13.3. The molecule has 0 bridgehead atoms. The van der Waals surface area contributed by atoms with Gasteiger partial charge in [-0.15, -0.1) is 0 Å². The third-order valence-corrected chi connectivity index (χ3v) is 3.49. The maximum Gasteiger partial charge on any atom is 0.123 e. The molecule has 2 aromatic carbocycles. The van der Waals surface area contributed by atoms with E-state index in [1.807, 2.05) is 18.2 Å². The van der Waals surface area contributed by atoms with Crippen molar-refractivity contribution in [1.29, 1.82) is 0 Å². The van der Waals surface area contributed by atoms with Gasteiger partial charge in [-0.2, -0.15) is 0 Å². The van der Waals surface area contributed by atoms with Crippen LogP contribution in [0.15, 0.2) is 48.5 Å². The van der Waals surface area contributed by atoms with Crippen LogP contribution in [0.3, 0.4) is 0 Å². The quantitative estimate of drug-likeness (QED) is 0.825. The molecule has 0 aliphatic heterocycles. The molecule has 0 radical (unpaired) electrons. The fourth-order valence-corrected chi connectivity index (χ4v) is 2.42. The standard InChI is InChI=1S/C18H22FNO/c1-13(2)10-17(14-6-4-3-5-7-14)20-12-15-11-16(19)8-9-18(15)21/h3-9,11,13,17,20-21H,10,12H2,1-2H3. The van der Waals surface area contributed by atoms with Crippen LogP contribution < -0.4 is 5.32 Å². The first-order chi connectivity index (χ1) is 10.1. The Labute approximate surface area is 125 Å². The lowest BCUT2D eigenvalue weighted by Crippen LogP contribution is -2.22. The van der Waals surface area contributed by atoms with E-state index in [2.05, 4.69) is 31.3 Å². The van der Waals surface area contributed by atoms with Gasteiger partial charge < -0.3 is 10.4 Å². The Hall–Kier alpha value is -1.87. The van der Waals surface area contributed by atoms with Gasteiger partial charge in [0.15, 0.2) is 0 Å². The van der Waals surface area contributed by atoms with Gasteiger partial charge in [0.2, 0.25) is 0 Å². The Morgan fingerprint density at radius 2 is 1.81 bits per heavy atom. The van der Waals surface area contributed by atoms with Gasteiger partial charge in [0.25, 0.3) is 0 Å². The van der Waals surface area contributed by atoms with E-state index < -0.39 is 0 Å². The predicted octanol–water partition coefficient (Wildman–Crippen LogP) is 4.41. The van der Waals surface area contributed by atoms with Gasteiger partial charge in [-0.05, 0) is 36.1 Å². The van der Waals surface area contributed by atoms with Crippen molar-refractivity contribution in [2.45, 2.75) is 32.9 Å². The number of phenols is 1. The second-order valence-corrected chi connectivity index (χ2v) is 5.75. The van der Waals surface area contributed by atoms with Crippen LogP contribution in [0, 0.1) is 11.7 Å². The molecule has 0 saturated heterocycles. The van der Waals surface area contributed by atoms with Gasteiger partial charge in [-0.25, -0.2) is 4.39 Å². The first-order valence-corrected chi connectivity index (χ1v) is 7.32. The molecule has 0 aliphatic rings. The highest BCUT2D eigenvalue weighted by Gasteiger charge is 2.13. The maximum absolute atomic E-state index is 13.3. The molecule has 0 fully saturated rings. The minimum absolute atomic E-state index is 0.125. The Bertz CT molecular complexity index is 569. The van der Waals surface area contributed by atoms with E-state index in [0.717, 1.165) is 6.42 Å². The summed E-state index contributed by atoms with van der Waals surface area (Å²) in [5, 5.41) is 13.2. The zero-order valence-corrected chi connectivity index (χ0v) is 12.5. The number of benzene rings is 2. The molecule has 2 rings (SSSR count). The lowest BCUT2D eigenvalue weighted by Gasteiger charge is -2.21. The highest BCUT2D eigenvalue weighted by molar-refractivity contribution is 5.32. The van der Waals surface area contributed by atoms with Crippen LogP contribution in [0.4, 0.5) is 4.39 Å². The Kier molecular flexibility index (Phi) is 5.34. The average molecular weight is 287 g/mol. The van der Waals surface area contributed by atoms with E-state index in [1.54, 1.807) is 0 Å². The lowest BCUT2D eigenvalue weighted by molar-refractivity contribution is 0.417. The molecule has 0 amide bonds. The van der Waals surface area contributed by atoms with E-state index >= 15 is 0 Å². The van der Waals surface area contributed by atoms with E-state index in [0.29, 0.717) is 18.0 Å². The Balaban J connectivity index is 2.10. The van der Waals surface area contributed by atoms with Gasteiger partial charge in [-0.1, -0.05) is 44.2 Å². The van der Waals surface area contributed by atoms with Crippen molar-refractivity contribution in [3.05, 3.63) is 65.5 Å². The zero-order valence-electron chi connectivity index (χ0n) is 12.5. The molecule has 1 unspecified atom stereocenters. The van der Waals surface area contributed by atoms with Crippen molar-refractivity contribution >= 4 is 0 Å². The van der Waals surface area contributed by atoms with E-state index in [9.17, 15) is 9.50 Å². The summed E-state index contributed by atoms with van der Waals surface area (Å²) in [6.45, 7) is 4.80. The predicted molar refractivity (Wildman–Crippen MR) is 83.5 cm³/mol. The largest absolute Gasteiger partial charge is 0.508 e. The molecule has 2 nitrogen and oxygen atoms in total. The summed E-state index contributed by atoms with van der Waals surface area (Å²) in [5.41, 5.74) is 1.79. The highest BCUT2D eigenvalue weighted by Crippen LogP contribution is 2.23. The monoisotopic (exact) mass is 287 g/mol. The first kappa shape index (κ1) is 15.5. The third kappa shape index (κ3) is 4.57. The van der Waals surface area contributed by atoms with Crippen LogP contribution in [0.1, 0.15) is 37.4 Å². The molecule has 0 aromatic heterocycles. The minimum Gasteiger partial charge on any atom is -0.508 e. The van der Waals surface area contributed by atoms with Crippen LogP contribution in [0.5, 0.6) is 5.75 Å². The zero-order chi connectivity index (χ0) is 15.2. The molecular formula is C18H22FNO. The summed E-state index contributed by atoms with van der Waals surface area (Å²) in [5.74, 6) is 0.341. The highest BCUT2D eigenvalue weighted by atomic mass is 19.1. The summed E-state index contributed by atoms with van der Waals surface area (Å²) >= 11 is 0. The topological polar surface area (TPSA) is 32.3 Å². The second kappa shape index (κ2) is 7.23. The number of rotatable bonds is 6. The van der Waals surface area contributed by atoms with Gasteiger partial charge in [0.1, 0.15) is 11.6 Å². The van der Waals surface area contributed by atoms with Crippen molar-refractivity contribution in [2.24, 2.45) is 5.92 Å². The van der Waals surface area contributed by atoms with Crippen molar-refractivity contribution < 1.29 is 9.50 Å². The fourth-order valence-electron chi connectivity index (χ4n) is 2.42. The number of hydrogen-bond donors (Lipinski definition) is 2. The molecule has 3 heteroatoms. The smallest absolute Gasteiger partial charge is 0.123 e. The van der Waals surface area contributed by atoms with Crippen LogP contribution in [-0.2, 0) is 6.54 Å². The van der Waals surface area contributed by atoms with Crippen molar-refractivity contribution in [2.75, 3.05) is 0 Å². The number of phenolic OH excluding ortho intramolecular Hbond substituents is 1. The minimum atomic E-state index is -0.329.